The van der Waals surface area contributed by atoms with Gasteiger partial charge < -0.3 is 10.2 Å². The Kier molecular flexibility index (Phi) is 4.04. The Morgan fingerprint density at radius 3 is 2.86 bits per heavy atom. The lowest BCUT2D eigenvalue weighted by molar-refractivity contribution is 0.875. The first-order valence-corrected chi connectivity index (χ1v) is 7.78. The summed E-state index contributed by atoms with van der Waals surface area (Å²) in [5.74, 6) is 2.04. The molecule has 2 heterocycles. The van der Waals surface area contributed by atoms with Crippen LogP contribution in [0.25, 0.3) is 0 Å². The van der Waals surface area contributed by atoms with Crippen LogP contribution in [0, 0.1) is 0 Å². The summed E-state index contributed by atoms with van der Waals surface area (Å²) in [6.45, 7) is 6.18. The molecule has 1 N–H and O–H groups in total. The van der Waals surface area contributed by atoms with E-state index in [0.717, 1.165) is 44.0 Å². The van der Waals surface area contributed by atoms with E-state index in [2.05, 4.69) is 58.3 Å². The second-order valence-corrected chi connectivity index (χ2v) is 5.34. The van der Waals surface area contributed by atoms with E-state index in [-0.39, 0.29) is 0 Å². The molecule has 0 unspecified atom stereocenters. The van der Waals surface area contributed by atoms with E-state index >= 15 is 0 Å². The topological polar surface area (TPSA) is 41.1 Å². The molecule has 0 atom stereocenters. The first-order valence-electron chi connectivity index (χ1n) is 7.78. The molecule has 0 bridgehead atoms. The molecule has 0 fully saturated rings. The van der Waals surface area contributed by atoms with Crippen molar-refractivity contribution >= 4 is 17.3 Å². The van der Waals surface area contributed by atoms with Gasteiger partial charge in [0.05, 0.1) is 0 Å². The van der Waals surface area contributed by atoms with Gasteiger partial charge in [0, 0.05) is 24.3 Å². The molecule has 0 spiro atoms. The van der Waals surface area contributed by atoms with Gasteiger partial charge in [0.1, 0.15) is 18.0 Å². The van der Waals surface area contributed by atoms with Gasteiger partial charge in [-0.2, -0.15) is 0 Å². The third-order valence-corrected chi connectivity index (χ3v) is 3.91. The number of para-hydroxylation sites is 1. The molecule has 1 aliphatic rings. The minimum absolute atomic E-state index is 0.879. The summed E-state index contributed by atoms with van der Waals surface area (Å²) in [7, 11) is 0. The highest BCUT2D eigenvalue weighted by atomic mass is 15.2. The van der Waals surface area contributed by atoms with Crippen molar-refractivity contribution in [2.24, 2.45) is 0 Å². The van der Waals surface area contributed by atoms with E-state index in [0.29, 0.717) is 0 Å². The van der Waals surface area contributed by atoms with Gasteiger partial charge in [-0.1, -0.05) is 31.5 Å². The molecule has 1 aromatic carbocycles. The van der Waals surface area contributed by atoms with Crippen LogP contribution >= 0.6 is 0 Å². The van der Waals surface area contributed by atoms with Gasteiger partial charge in [-0.3, -0.25) is 0 Å². The molecular formula is C17H22N4. The smallest absolute Gasteiger partial charge is 0.141 e. The number of hydrogen-bond acceptors (Lipinski definition) is 4. The van der Waals surface area contributed by atoms with Crippen LogP contribution in [0.2, 0.25) is 0 Å². The number of fused-ring (bicyclic) bond motifs is 1. The zero-order chi connectivity index (χ0) is 14.7. The van der Waals surface area contributed by atoms with Crippen LogP contribution in [0.5, 0.6) is 0 Å². The number of nitrogens with one attached hydrogen (secondary N) is 1. The highest BCUT2D eigenvalue weighted by molar-refractivity contribution is 5.72. The third kappa shape index (κ3) is 2.58. The van der Waals surface area contributed by atoms with E-state index in [9.17, 15) is 0 Å². The normalized spacial score (nSPS) is 13.3. The molecule has 0 radical (unpaired) electrons. The molecule has 2 aromatic rings. The fraction of sp³-hybridized carbons (Fsp3) is 0.412. The van der Waals surface area contributed by atoms with Crippen LogP contribution in [0.3, 0.4) is 0 Å². The molecule has 4 heteroatoms. The van der Waals surface area contributed by atoms with Crippen LogP contribution in [0.1, 0.15) is 31.4 Å². The van der Waals surface area contributed by atoms with Gasteiger partial charge in [0.25, 0.3) is 0 Å². The highest BCUT2D eigenvalue weighted by Gasteiger charge is 2.24. The van der Waals surface area contributed by atoms with Crippen molar-refractivity contribution in [2.45, 2.75) is 33.1 Å². The van der Waals surface area contributed by atoms with Gasteiger partial charge >= 0.3 is 0 Å². The predicted molar refractivity (Wildman–Crippen MR) is 87.3 cm³/mol. The summed E-state index contributed by atoms with van der Waals surface area (Å²) in [5, 5.41) is 3.37. The van der Waals surface area contributed by atoms with Crippen molar-refractivity contribution < 1.29 is 0 Å². The van der Waals surface area contributed by atoms with Crippen molar-refractivity contribution in [1.29, 1.82) is 0 Å². The highest BCUT2D eigenvalue weighted by Crippen LogP contribution is 2.36. The van der Waals surface area contributed by atoms with Crippen molar-refractivity contribution in [3.63, 3.8) is 0 Å². The van der Waals surface area contributed by atoms with Gasteiger partial charge in [-0.05, 0) is 31.4 Å². The minimum Gasteiger partial charge on any atom is -0.370 e. The average molecular weight is 282 g/mol. The quantitative estimate of drug-likeness (QED) is 0.910. The van der Waals surface area contributed by atoms with E-state index in [4.69, 9.17) is 0 Å². The first kappa shape index (κ1) is 13.9. The van der Waals surface area contributed by atoms with Crippen molar-refractivity contribution in [3.8, 4) is 0 Å². The fourth-order valence-electron chi connectivity index (χ4n) is 2.99. The first-order chi connectivity index (χ1) is 10.3. The Bertz CT molecular complexity index is 624. The molecular weight excluding hydrogens is 260 g/mol. The summed E-state index contributed by atoms with van der Waals surface area (Å²) >= 11 is 0. The van der Waals surface area contributed by atoms with E-state index in [1.165, 1.54) is 16.8 Å². The van der Waals surface area contributed by atoms with E-state index in [1.807, 2.05) is 0 Å². The predicted octanol–water partition coefficient (Wildman–Crippen LogP) is 3.56. The third-order valence-electron chi connectivity index (χ3n) is 3.91. The number of rotatable bonds is 5. The zero-order valence-electron chi connectivity index (χ0n) is 12.8. The van der Waals surface area contributed by atoms with Crippen LogP contribution in [0.4, 0.5) is 17.3 Å². The summed E-state index contributed by atoms with van der Waals surface area (Å²) in [6, 6.07) is 8.61. The van der Waals surface area contributed by atoms with Crippen molar-refractivity contribution in [1.82, 2.24) is 9.97 Å². The molecule has 1 aliphatic heterocycles. The number of benzene rings is 1. The maximum atomic E-state index is 4.60. The lowest BCUT2D eigenvalue weighted by atomic mass is 10.1. The summed E-state index contributed by atoms with van der Waals surface area (Å²) < 4.78 is 0. The van der Waals surface area contributed by atoms with Gasteiger partial charge in [-0.15, -0.1) is 0 Å². The van der Waals surface area contributed by atoms with E-state index in [1.54, 1.807) is 6.33 Å². The summed E-state index contributed by atoms with van der Waals surface area (Å²) in [5.41, 5.74) is 3.93. The average Bonchev–Trinajstić information content (AvgIpc) is 2.93. The largest absolute Gasteiger partial charge is 0.370 e. The standard InChI is InChI=1S/C17H22N4/c1-3-7-14-16(18-4-2)19-12-20-17(14)21-11-10-13-8-5-6-9-15(13)21/h5-6,8-9,12H,3-4,7,10-11H2,1-2H3,(H,18,19,20). The molecule has 1 aromatic heterocycles. The Hall–Kier alpha value is -2.10. The Labute approximate surface area is 126 Å². The molecule has 110 valence electrons. The SMILES string of the molecule is CCCc1c(NCC)ncnc1N1CCc2ccccc21. The summed E-state index contributed by atoms with van der Waals surface area (Å²) in [4.78, 5) is 11.4. The fourth-order valence-corrected chi connectivity index (χ4v) is 2.99. The van der Waals surface area contributed by atoms with E-state index < -0.39 is 0 Å². The number of anilines is 3. The molecule has 0 amide bonds. The second-order valence-electron chi connectivity index (χ2n) is 5.34. The Morgan fingerprint density at radius 2 is 2.05 bits per heavy atom. The number of nitrogens with zero attached hydrogens (tertiary/aromatic N) is 3. The summed E-state index contributed by atoms with van der Waals surface area (Å²) in [6.07, 6.45) is 4.85. The van der Waals surface area contributed by atoms with Crippen LogP contribution < -0.4 is 10.2 Å². The second kappa shape index (κ2) is 6.12. The Balaban J connectivity index is 2.04. The molecule has 21 heavy (non-hydrogen) atoms. The Morgan fingerprint density at radius 1 is 1.19 bits per heavy atom. The minimum atomic E-state index is 0.879. The zero-order valence-corrected chi connectivity index (χ0v) is 12.8. The maximum Gasteiger partial charge on any atom is 0.141 e. The monoisotopic (exact) mass is 282 g/mol. The van der Waals surface area contributed by atoms with Crippen molar-refractivity contribution in [3.05, 3.63) is 41.7 Å². The lowest BCUT2D eigenvalue weighted by Gasteiger charge is -2.22. The van der Waals surface area contributed by atoms with Gasteiger partial charge in [0.15, 0.2) is 0 Å². The van der Waals surface area contributed by atoms with Crippen LogP contribution in [-0.2, 0) is 12.8 Å². The molecule has 3 rings (SSSR count). The van der Waals surface area contributed by atoms with Crippen LogP contribution in [0.15, 0.2) is 30.6 Å². The van der Waals surface area contributed by atoms with Crippen molar-refractivity contribution in [2.75, 3.05) is 23.3 Å². The molecule has 0 saturated heterocycles. The molecule has 0 saturated carbocycles. The number of hydrogen-bond donors (Lipinski definition) is 1. The maximum absolute atomic E-state index is 4.60. The number of aromatic nitrogens is 2. The van der Waals surface area contributed by atoms with Gasteiger partial charge in [-0.25, -0.2) is 9.97 Å². The molecule has 0 aliphatic carbocycles. The van der Waals surface area contributed by atoms with Gasteiger partial charge in [0.2, 0.25) is 0 Å². The molecule has 4 nitrogen and oxygen atoms in total. The lowest BCUT2D eigenvalue weighted by Crippen LogP contribution is -2.18. The van der Waals surface area contributed by atoms with Crippen LogP contribution in [-0.4, -0.2) is 23.1 Å².